The average molecular weight is 970 g/mol. The van der Waals surface area contributed by atoms with Crippen LogP contribution in [0.1, 0.15) is 329 Å². The lowest BCUT2D eigenvalue weighted by molar-refractivity contribution is -0.167. The van der Waals surface area contributed by atoms with Crippen LogP contribution in [-0.4, -0.2) is 37.2 Å². The Morgan fingerprint density at radius 3 is 0.812 bits per heavy atom. The number of carbonyl (C=O) groups excluding carboxylic acids is 3. The first-order valence-corrected chi connectivity index (χ1v) is 30.5. The minimum Gasteiger partial charge on any atom is -0.462 e. The van der Waals surface area contributed by atoms with E-state index in [2.05, 4.69) is 57.2 Å². The van der Waals surface area contributed by atoms with E-state index < -0.39 is 6.10 Å². The minimum atomic E-state index is -0.769. The third-order valence-corrected chi connectivity index (χ3v) is 13.6. The Morgan fingerprint density at radius 1 is 0.290 bits per heavy atom. The second-order valence-electron chi connectivity index (χ2n) is 20.6. The lowest BCUT2D eigenvalue weighted by atomic mass is 10.0. The summed E-state index contributed by atoms with van der Waals surface area (Å²) in [5, 5.41) is 0. The zero-order valence-corrected chi connectivity index (χ0v) is 46.3. The zero-order chi connectivity index (χ0) is 50.0. The summed E-state index contributed by atoms with van der Waals surface area (Å²) in [5.74, 6) is -0.874. The molecule has 0 heterocycles. The van der Waals surface area contributed by atoms with Crippen molar-refractivity contribution in [3.05, 3.63) is 36.5 Å². The summed E-state index contributed by atoms with van der Waals surface area (Å²) in [6, 6.07) is 0. The molecule has 0 aromatic heterocycles. The van der Waals surface area contributed by atoms with Gasteiger partial charge in [0.2, 0.25) is 0 Å². The molecule has 0 saturated carbocycles. The van der Waals surface area contributed by atoms with Crippen molar-refractivity contribution in [2.45, 2.75) is 335 Å². The van der Waals surface area contributed by atoms with Gasteiger partial charge in [0.05, 0.1) is 0 Å². The number of hydrogen-bond donors (Lipinski definition) is 0. The highest BCUT2D eigenvalue weighted by Crippen LogP contribution is 2.17. The Kier molecular flexibility index (Phi) is 56.2. The Morgan fingerprint density at radius 2 is 0.522 bits per heavy atom. The number of allylic oxidation sites excluding steroid dienone is 6. The SMILES string of the molecule is CCCCCCC/C=C\C/C=C\CCCCCCCCCCCC(=O)OC(COC(=O)CCCCCCC)COC(=O)CCCCCCCCCCCCCCC/C=C\CCCCCCCCCC. The predicted molar refractivity (Wildman–Crippen MR) is 298 cm³/mol. The molecule has 0 aliphatic rings. The van der Waals surface area contributed by atoms with Gasteiger partial charge in [0.25, 0.3) is 0 Å². The van der Waals surface area contributed by atoms with Gasteiger partial charge in [-0.15, -0.1) is 0 Å². The second-order valence-corrected chi connectivity index (χ2v) is 20.6. The molecule has 69 heavy (non-hydrogen) atoms. The fourth-order valence-corrected chi connectivity index (χ4v) is 9.00. The maximum absolute atomic E-state index is 12.8. The normalized spacial score (nSPS) is 12.2. The standard InChI is InChI=1S/C63H116O6/c1-4-7-10-13-15-17-19-21-23-25-27-29-30-31-32-34-35-37-39-41-43-45-47-50-53-56-62(65)68-59-60(58-67-61(64)55-52-49-12-9-6-3)69-63(66)57-54-51-48-46-44-42-40-38-36-33-28-26-24-22-20-18-16-14-11-8-5-2/h20,22,25-28,60H,4-19,21,23-24,29-59H2,1-3H3/b22-20-,27-25-,28-26-. The number of hydrogen-bond acceptors (Lipinski definition) is 6. The van der Waals surface area contributed by atoms with Crippen LogP contribution in [0.15, 0.2) is 36.5 Å². The van der Waals surface area contributed by atoms with Crippen LogP contribution in [0.3, 0.4) is 0 Å². The topological polar surface area (TPSA) is 78.9 Å². The van der Waals surface area contributed by atoms with Crippen LogP contribution in [-0.2, 0) is 28.6 Å². The Labute approximate surface area is 429 Å². The highest BCUT2D eigenvalue weighted by molar-refractivity contribution is 5.71. The van der Waals surface area contributed by atoms with E-state index in [9.17, 15) is 14.4 Å². The minimum absolute atomic E-state index is 0.0714. The van der Waals surface area contributed by atoms with Crippen LogP contribution < -0.4 is 0 Å². The van der Waals surface area contributed by atoms with Gasteiger partial charge in [0.1, 0.15) is 13.2 Å². The molecule has 1 unspecified atom stereocenters. The molecule has 1 atom stereocenters. The van der Waals surface area contributed by atoms with Crippen molar-refractivity contribution < 1.29 is 28.6 Å². The molecule has 0 aliphatic carbocycles. The van der Waals surface area contributed by atoms with E-state index in [-0.39, 0.29) is 31.1 Å². The molecule has 0 amide bonds. The summed E-state index contributed by atoms with van der Waals surface area (Å²) < 4.78 is 16.8. The molecule has 0 N–H and O–H groups in total. The lowest BCUT2D eigenvalue weighted by Gasteiger charge is -2.18. The maximum Gasteiger partial charge on any atom is 0.306 e. The summed E-state index contributed by atoms with van der Waals surface area (Å²) in [5.41, 5.74) is 0. The number of rotatable bonds is 56. The maximum atomic E-state index is 12.8. The summed E-state index contributed by atoms with van der Waals surface area (Å²) in [6.45, 7) is 6.58. The number of carbonyl (C=O) groups is 3. The summed E-state index contributed by atoms with van der Waals surface area (Å²) >= 11 is 0. The molecule has 0 aliphatic heterocycles. The first-order valence-electron chi connectivity index (χ1n) is 30.5. The largest absolute Gasteiger partial charge is 0.462 e. The summed E-state index contributed by atoms with van der Waals surface area (Å²) in [6.07, 6.45) is 70.5. The molecular weight excluding hydrogens is 853 g/mol. The fraction of sp³-hybridized carbons (Fsp3) is 0.857. The summed E-state index contributed by atoms with van der Waals surface area (Å²) in [4.78, 5) is 37.9. The third kappa shape index (κ3) is 56.4. The number of esters is 3. The van der Waals surface area contributed by atoms with Gasteiger partial charge in [-0.05, 0) is 77.0 Å². The van der Waals surface area contributed by atoms with Gasteiger partial charge in [0.15, 0.2) is 6.10 Å². The van der Waals surface area contributed by atoms with Crippen molar-refractivity contribution in [1.29, 1.82) is 0 Å². The Balaban J connectivity index is 4.03. The molecule has 0 spiro atoms. The predicted octanol–water partition coefficient (Wildman–Crippen LogP) is 20.4. The van der Waals surface area contributed by atoms with Gasteiger partial charge in [0, 0.05) is 19.3 Å². The van der Waals surface area contributed by atoms with E-state index in [4.69, 9.17) is 14.2 Å². The lowest BCUT2D eigenvalue weighted by Crippen LogP contribution is -2.30. The van der Waals surface area contributed by atoms with Crippen molar-refractivity contribution in [3.8, 4) is 0 Å². The average Bonchev–Trinajstić information content (AvgIpc) is 3.35. The number of unbranched alkanes of at least 4 members (excludes halogenated alkanes) is 39. The van der Waals surface area contributed by atoms with E-state index in [0.717, 1.165) is 70.6 Å². The van der Waals surface area contributed by atoms with Crippen molar-refractivity contribution >= 4 is 17.9 Å². The van der Waals surface area contributed by atoms with E-state index >= 15 is 0 Å². The van der Waals surface area contributed by atoms with Crippen LogP contribution >= 0.6 is 0 Å². The molecule has 6 heteroatoms. The number of ether oxygens (including phenoxy) is 3. The van der Waals surface area contributed by atoms with Crippen molar-refractivity contribution in [2.75, 3.05) is 13.2 Å². The first kappa shape index (κ1) is 66.6. The van der Waals surface area contributed by atoms with Gasteiger partial charge in [-0.1, -0.05) is 269 Å². The molecule has 0 rings (SSSR count). The van der Waals surface area contributed by atoms with E-state index in [1.54, 1.807) is 0 Å². The van der Waals surface area contributed by atoms with Gasteiger partial charge in [-0.3, -0.25) is 14.4 Å². The molecule has 0 aromatic rings. The highest BCUT2D eigenvalue weighted by Gasteiger charge is 2.19. The zero-order valence-electron chi connectivity index (χ0n) is 46.3. The second kappa shape index (κ2) is 58.2. The molecule has 0 saturated heterocycles. The smallest absolute Gasteiger partial charge is 0.306 e. The summed E-state index contributed by atoms with van der Waals surface area (Å²) in [7, 11) is 0. The molecule has 0 aromatic carbocycles. The monoisotopic (exact) mass is 969 g/mol. The quantitative estimate of drug-likeness (QED) is 0.0261. The van der Waals surface area contributed by atoms with E-state index in [0.29, 0.717) is 19.3 Å². The molecule has 0 fully saturated rings. The molecule has 0 bridgehead atoms. The van der Waals surface area contributed by atoms with Crippen molar-refractivity contribution in [3.63, 3.8) is 0 Å². The van der Waals surface area contributed by atoms with Gasteiger partial charge >= 0.3 is 17.9 Å². The van der Waals surface area contributed by atoms with Crippen LogP contribution in [0, 0.1) is 0 Å². The first-order chi connectivity index (χ1) is 34.0. The third-order valence-electron chi connectivity index (χ3n) is 13.6. The van der Waals surface area contributed by atoms with Crippen molar-refractivity contribution in [2.24, 2.45) is 0 Å². The Hall–Kier alpha value is -2.37. The fourth-order valence-electron chi connectivity index (χ4n) is 9.00. The van der Waals surface area contributed by atoms with Crippen LogP contribution in [0.2, 0.25) is 0 Å². The van der Waals surface area contributed by atoms with Crippen LogP contribution in [0.25, 0.3) is 0 Å². The van der Waals surface area contributed by atoms with Gasteiger partial charge < -0.3 is 14.2 Å². The van der Waals surface area contributed by atoms with Crippen LogP contribution in [0.4, 0.5) is 0 Å². The van der Waals surface area contributed by atoms with Crippen molar-refractivity contribution in [1.82, 2.24) is 0 Å². The Bertz CT molecular complexity index is 1160. The van der Waals surface area contributed by atoms with Gasteiger partial charge in [-0.2, -0.15) is 0 Å². The molecular formula is C63H116O6. The van der Waals surface area contributed by atoms with Gasteiger partial charge in [-0.25, -0.2) is 0 Å². The molecule has 404 valence electrons. The van der Waals surface area contributed by atoms with Crippen LogP contribution in [0.5, 0.6) is 0 Å². The van der Waals surface area contributed by atoms with E-state index in [1.807, 2.05) is 0 Å². The molecule has 6 nitrogen and oxygen atoms in total. The van der Waals surface area contributed by atoms with E-state index in [1.165, 1.54) is 218 Å². The molecule has 0 radical (unpaired) electrons. The highest BCUT2D eigenvalue weighted by atomic mass is 16.6.